The summed E-state index contributed by atoms with van der Waals surface area (Å²) in [5.41, 5.74) is 0. The highest BCUT2D eigenvalue weighted by molar-refractivity contribution is 5.60. The maximum Gasteiger partial charge on any atom is 0.507 e. The second-order valence-electron chi connectivity index (χ2n) is 7.52. The highest BCUT2D eigenvalue weighted by Gasteiger charge is 2.64. The van der Waals surface area contributed by atoms with Crippen molar-refractivity contribution in [3.63, 3.8) is 0 Å². The molecule has 0 aliphatic heterocycles. The first-order valence-electron chi connectivity index (χ1n) is 8.73. The fourth-order valence-corrected chi connectivity index (χ4v) is 6.23. The van der Waals surface area contributed by atoms with Crippen LogP contribution in [0.4, 0.5) is 9.59 Å². The molecule has 4 bridgehead atoms. The molecule has 6 heteroatoms. The molecule has 8 unspecified atom stereocenters. The van der Waals surface area contributed by atoms with E-state index in [9.17, 15) is 9.59 Å². The van der Waals surface area contributed by atoms with Crippen molar-refractivity contribution < 1.29 is 28.5 Å². The lowest BCUT2D eigenvalue weighted by Gasteiger charge is -2.41. The summed E-state index contributed by atoms with van der Waals surface area (Å²) in [6.07, 6.45) is 5.88. The standard InChI is InChI=1S/C18H24O6/c1-21-17(19)23-7-13-11-6-12(14(13)8-24-18(20)22-2)16-10-4-3-9(5-10)15(11)16/h3-4,9-16H,5-8H2,1-2H3. The third kappa shape index (κ3) is 2.30. The van der Waals surface area contributed by atoms with E-state index in [0.717, 1.165) is 6.42 Å². The summed E-state index contributed by atoms with van der Waals surface area (Å²) in [6.45, 7) is 0.681. The van der Waals surface area contributed by atoms with Gasteiger partial charge < -0.3 is 18.9 Å². The molecular formula is C18H24O6. The number of fused-ring (bicyclic) bond motifs is 9. The molecule has 4 aliphatic carbocycles. The molecule has 0 N–H and O–H groups in total. The van der Waals surface area contributed by atoms with E-state index in [0.29, 0.717) is 48.7 Å². The molecule has 3 saturated carbocycles. The third-order valence-electron chi connectivity index (χ3n) is 6.89. The Kier molecular flexibility index (Phi) is 3.93. The van der Waals surface area contributed by atoms with Crippen molar-refractivity contribution in [3.05, 3.63) is 12.2 Å². The number of carbonyl (C=O) groups is 2. The fraction of sp³-hybridized carbons (Fsp3) is 0.778. The lowest BCUT2D eigenvalue weighted by molar-refractivity contribution is -0.0174. The molecule has 132 valence electrons. The number of rotatable bonds is 4. The summed E-state index contributed by atoms with van der Waals surface area (Å²) in [5, 5.41) is 0. The Hall–Kier alpha value is -1.72. The van der Waals surface area contributed by atoms with Crippen LogP contribution in [0.25, 0.3) is 0 Å². The van der Waals surface area contributed by atoms with Gasteiger partial charge in [0.05, 0.1) is 27.4 Å². The minimum atomic E-state index is -0.644. The fourth-order valence-electron chi connectivity index (χ4n) is 6.23. The summed E-state index contributed by atoms with van der Waals surface area (Å²) in [7, 11) is 2.63. The van der Waals surface area contributed by atoms with Gasteiger partial charge >= 0.3 is 12.3 Å². The van der Waals surface area contributed by atoms with E-state index in [2.05, 4.69) is 21.6 Å². The van der Waals surface area contributed by atoms with Crippen LogP contribution in [0, 0.1) is 47.3 Å². The van der Waals surface area contributed by atoms with E-state index in [4.69, 9.17) is 9.47 Å². The number of ether oxygens (including phenoxy) is 4. The van der Waals surface area contributed by atoms with Gasteiger partial charge in [-0.15, -0.1) is 0 Å². The first-order chi connectivity index (χ1) is 11.6. The maximum atomic E-state index is 11.4. The molecule has 0 heterocycles. The smallest absolute Gasteiger partial charge is 0.438 e. The van der Waals surface area contributed by atoms with E-state index < -0.39 is 12.3 Å². The lowest BCUT2D eigenvalue weighted by Crippen LogP contribution is -2.41. The first kappa shape index (κ1) is 15.8. The summed E-state index contributed by atoms with van der Waals surface area (Å²) in [6, 6.07) is 0. The third-order valence-corrected chi connectivity index (χ3v) is 6.89. The van der Waals surface area contributed by atoms with Crippen LogP contribution in [0.5, 0.6) is 0 Å². The molecule has 0 aromatic heterocycles. The maximum absolute atomic E-state index is 11.4. The second-order valence-corrected chi connectivity index (χ2v) is 7.52. The molecule has 0 spiro atoms. The molecule has 3 fully saturated rings. The zero-order valence-corrected chi connectivity index (χ0v) is 14.1. The van der Waals surface area contributed by atoms with Crippen molar-refractivity contribution in [2.45, 2.75) is 12.8 Å². The van der Waals surface area contributed by atoms with Gasteiger partial charge in [-0.1, -0.05) is 12.2 Å². The van der Waals surface area contributed by atoms with Crippen LogP contribution in [-0.2, 0) is 18.9 Å². The van der Waals surface area contributed by atoms with Gasteiger partial charge in [-0.3, -0.25) is 0 Å². The second kappa shape index (κ2) is 5.97. The van der Waals surface area contributed by atoms with Crippen LogP contribution in [0.2, 0.25) is 0 Å². The van der Waals surface area contributed by atoms with Crippen molar-refractivity contribution in [1.82, 2.24) is 0 Å². The Labute approximate surface area is 141 Å². The van der Waals surface area contributed by atoms with Gasteiger partial charge in [0.25, 0.3) is 0 Å². The number of hydrogen-bond donors (Lipinski definition) is 0. The van der Waals surface area contributed by atoms with Crippen LogP contribution < -0.4 is 0 Å². The Morgan fingerprint density at radius 2 is 1.29 bits per heavy atom. The molecule has 4 aliphatic rings. The predicted molar refractivity (Wildman–Crippen MR) is 83.0 cm³/mol. The molecule has 0 aromatic carbocycles. The SMILES string of the molecule is COC(=O)OCC1C(COC(=O)OC)C2CC1C1C3C=CC(C3)C21. The Morgan fingerprint density at radius 3 is 1.71 bits per heavy atom. The zero-order valence-electron chi connectivity index (χ0n) is 14.1. The van der Waals surface area contributed by atoms with Gasteiger partial charge in [0, 0.05) is 11.8 Å². The molecule has 4 rings (SSSR count). The quantitative estimate of drug-likeness (QED) is 0.447. The molecule has 0 radical (unpaired) electrons. The van der Waals surface area contributed by atoms with Gasteiger partial charge in [0.2, 0.25) is 0 Å². The topological polar surface area (TPSA) is 71.1 Å². The van der Waals surface area contributed by atoms with Crippen LogP contribution in [0.15, 0.2) is 12.2 Å². The van der Waals surface area contributed by atoms with E-state index >= 15 is 0 Å². The van der Waals surface area contributed by atoms with Crippen molar-refractivity contribution in [2.24, 2.45) is 47.3 Å². The summed E-state index contributed by atoms with van der Waals surface area (Å²) in [5.74, 6) is 4.29. The minimum Gasteiger partial charge on any atom is -0.438 e. The van der Waals surface area contributed by atoms with Gasteiger partial charge in [0.1, 0.15) is 0 Å². The zero-order chi connectivity index (χ0) is 16.8. The number of methoxy groups -OCH3 is 2. The van der Waals surface area contributed by atoms with E-state index in [-0.39, 0.29) is 11.8 Å². The van der Waals surface area contributed by atoms with Gasteiger partial charge in [0.15, 0.2) is 0 Å². The lowest BCUT2D eigenvalue weighted by atomic mass is 9.65. The molecule has 24 heavy (non-hydrogen) atoms. The van der Waals surface area contributed by atoms with Gasteiger partial charge in [-0.25, -0.2) is 9.59 Å². The Bertz CT molecular complexity index is 512. The number of carbonyl (C=O) groups excluding carboxylic acids is 2. The Morgan fingerprint density at radius 1 is 0.833 bits per heavy atom. The Balaban J connectivity index is 1.50. The summed E-state index contributed by atoms with van der Waals surface area (Å²) >= 11 is 0. The first-order valence-corrected chi connectivity index (χ1v) is 8.73. The van der Waals surface area contributed by atoms with Crippen molar-refractivity contribution in [2.75, 3.05) is 27.4 Å². The number of allylic oxidation sites excluding steroid dienone is 2. The monoisotopic (exact) mass is 336 g/mol. The van der Waals surface area contributed by atoms with E-state index in [1.54, 1.807) is 0 Å². The highest BCUT2D eigenvalue weighted by Crippen LogP contribution is 2.68. The molecule has 8 atom stereocenters. The van der Waals surface area contributed by atoms with E-state index in [1.165, 1.54) is 20.6 Å². The highest BCUT2D eigenvalue weighted by atomic mass is 16.7. The molecule has 6 nitrogen and oxygen atoms in total. The largest absolute Gasteiger partial charge is 0.507 e. The van der Waals surface area contributed by atoms with Gasteiger partial charge in [-0.05, 0) is 48.3 Å². The molecule has 0 aromatic rings. The summed E-state index contributed by atoms with van der Waals surface area (Å²) < 4.78 is 19.7. The van der Waals surface area contributed by atoms with Crippen LogP contribution >= 0.6 is 0 Å². The predicted octanol–water partition coefficient (Wildman–Crippen LogP) is 2.87. The molecule has 0 saturated heterocycles. The van der Waals surface area contributed by atoms with Crippen LogP contribution in [0.3, 0.4) is 0 Å². The van der Waals surface area contributed by atoms with Gasteiger partial charge in [-0.2, -0.15) is 0 Å². The van der Waals surface area contributed by atoms with Crippen LogP contribution in [0.1, 0.15) is 12.8 Å². The van der Waals surface area contributed by atoms with Crippen molar-refractivity contribution in [3.8, 4) is 0 Å². The average molecular weight is 336 g/mol. The molecular weight excluding hydrogens is 312 g/mol. The minimum absolute atomic E-state index is 0.229. The molecule has 0 amide bonds. The van der Waals surface area contributed by atoms with Crippen molar-refractivity contribution >= 4 is 12.3 Å². The van der Waals surface area contributed by atoms with E-state index in [1.807, 2.05) is 0 Å². The average Bonchev–Trinajstić information content (AvgIpc) is 3.35. The van der Waals surface area contributed by atoms with Crippen LogP contribution in [-0.4, -0.2) is 39.7 Å². The number of hydrogen-bond acceptors (Lipinski definition) is 6. The summed E-state index contributed by atoms with van der Waals surface area (Å²) in [4.78, 5) is 22.8. The normalized spacial score (nSPS) is 43.6. The van der Waals surface area contributed by atoms with Crippen molar-refractivity contribution in [1.29, 1.82) is 0 Å².